The van der Waals surface area contributed by atoms with Crippen LogP contribution in [0.3, 0.4) is 0 Å². The third-order valence-corrected chi connectivity index (χ3v) is 4.17. The second kappa shape index (κ2) is 6.03. The van der Waals surface area contributed by atoms with Gasteiger partial charge < -0.3 is 5.11 Å². The molecule has 1 unspecified atom stereocenters. The van der Waals surface area contributed by atoms with Gasteiger partial charge in [0.1, 0.15) is 0 Å². The first-order valence-corrected chi connectivity index (χ1v) is 7.63. The maximum absolute atomic E-state index is 10.8. The maximum Gasteiger partial charge on any atom is 0.0833 e. The van der Waals surface area contributed by atoms with Gasteiger partial charge in [-0.15, -0.1) is 0 Å². The number of rotatable bonds is 3. The van der Waals surface area contributed by atoms with Gasteiger partial charge >= 0.3 is 0 Å². The first-order chi connectivity index (χ1) is 9.80. The normalized spacial score (nSPS) is 13.2. The van der Waals surface area contributed by atoms with Gasteiger partial charge in [0, 0.05) is 6.42 Å². The molecule has 2 aromatic carbocycles. The highest BCUT2D eigenvalue weighted by molar-refractivity contribution is 5.38. The van der Waals surface area contributed by atoms with Gasteiger partial charge in [-0.3, -0.25) is 0 Å². The maximum atomic E-state index is 10.8. The molecule has 2 aromatic rings. The van der Waals surface area contributed by atoms with Crippen molar-refractivity contribution in [1.82, 2.24) is 0 Å². The van der Waals surface area contributed by atoms with Gasteiger partial charge in [0.05, 0.1) is 6.10 Å². The standard InChI is InChI=1S/C20H26O/c1-14-9-8-10-15(2)17(14)13-19(21)16-11-6-7-12-18(16)20(3,4)5/h6-12,19,21H,13H2,1-5H3. The van der Waals surface area contributed by atoms with E-state index >= 15 is 0 Å². The Morgan fingerprint density at radius 1 is 0.905 bits per heavy atom. The molecular weight excluding hydrogens is 256 g/mol. The second-order valence-electron chi connectivity index (χ2n) is 6.93. The van der Waals surface area contributed by atoms with E-state index in [1.165, 1.54) is 22.3 Å². The zero-order valence-corrected chi connectivity index (χ0v) is 13.8. The van der Waals surface area contributed by atoms with E-state index in [0.29, 0.717) is 6.42 Å². The number of benzene rings is 2. The lowest BCUT2D eigenvalue weighted by Crippen LogP contribution is -2.17. The van der Waals surface area contributed by atoms with Crippen molar-refractivity contribution < 1.29 is 5.11 Å². The third-order valence-electron chi connectivity index (χ3n) is 4.17. The molecule has 1 nitrogen and oxygen atoms in total. The van der Waals surface area contributed by atoms with Gasteiger partial charge in [-0.05, 0) is 47.1 Å². The van der Waals surface area contributed by atoms with Gasteiger partial charge in [-0.25, -0.2) is 0 Å². The molecule has 1 heteroatoms. The van der Waals surface area contributed by atoms with Crippen LogP contribution in [0.5, 0.6) is 0 Å². The van der Waals surface area contributed by atoms with E-state index in [-0.39, 0.29) is 5.41 Å². The van der Waals surface area contributed by atoms with E-state index < -0.39 is 6.10 Å². The Kier molecular flexibility index (Phi) is 4.53. The summed E-state index contributed by atoms with van der Waals surface area (Å²) in [5, 5.41) is 10.8. The van der Waals surface area contributed by atoms with Crippen LogP contribution in [0, 0.1) is 13.8 Å². The molecule has 0 saturated heterocycles. The third kappa shape index (κ3) is 3.54. The van der Waals surface area contributed by atoms with Gasteiger partial charge in [-0.1, -0.05) is 63.2 Å². The Labute approximate surface area is 128 Å². The highest BCUT2D eigenvalue weighted by Gasteiger charge is 2.22. The van der Waals surface area contributed by atoms with Crippen molar-refractivity contribution in [2.75, 3.05) is 0 Å². The highest BCUT2D eigenvalue weighted by atomic mass is 16.3. The summed E-state index contributed by atoms with van der Waals surface area (Å²) < 4.78 is 0. The molecule has 0 aromatic heterocycles. The summed E-state index contributed by atoms with van der Waals surface area (Å²) in [5.41, 5.74) is 6.08. The summed E-state index contributed by atoms with van der Waals surface area (Å²) in [5.74, 6) is 0. The van der Waals surface area contributed by atoms with Crippen LogP contribution in [0.25, 0.3) is 0 Å². The minimum Gasteiger partial charge on any atom is -0.388 e. The van der Waals surface area contributed by atoms with Crippen molar-refractivity contribution in [2.24, 2.45) is 0 Å². The first kappa shape index (κ1) is 15.8. The van der Waals surface area contributed by atoms with Crippen molar-refractivity contribution in [3.63, 3.8) is 0 Å². The molecule has 0 radical (unpaired) electrons. The Hall–Kier alpha value is -1.60. The largest absolute Gasteiger partial charge is 0.388 e. The molecule has 112 valence electrons. The molecule has 1 N–H and O–H groups in total. The zero-order chi connectivity index (χ0) is 15.6. The van der Waals surface area contributed by atoms with Crippen LogP contribution >= 0.6 is 0 Å². The minimum absolute atomic E-state index is 0.0400. The quantitative estimate of drug-likeness (QED) is 0.851. The van der Waals surface area contributed by atoms with Gasteiger partial charge in [0.25, 0.3) is 0 Å². The number of hydrogen-bond donors (Lipinski definition) is 1. The summed E-state index contributed by atoms with van der Waals surface area (Å²) in [7, 11) is 0. The zero-order valence-electron chi connectivity index (χ0n) is 13.8. The van der Waals surface area contributed by atoms with Crippen LogP contribution in [0.15, 0.2) is 42.5 Å². The van der Waals surface area contributed by atoms with E-state index in [4.69, 9.17) is 0 Å². The number of aryl methyl sites for hydroxylation is 2. The molecule has 0 spiro atoms. The van der Waals surface area contributed by atoms with Crippen LogP contribution < -0.4 is 0 Å². The highest BCUT2D eigenvalue weighted by Crippen LogP contribution is 2.32. The Morgan fingerprint density at radius 3 is 2.05 bits per heavy atom. The Balaban J connectivity index is 2.36. The molecule has 0 aliphatic heterocycles. The van der Waals surface area contributed by atoms with Crippen LogP contribution in [0.1, 0.15) is 54.7 Å². The summed E-state index contributed by atoms with van der Waals surface area (Å²) in [6.45, 7) is 10.8. The van der Waals surface area contributed by atoms with Crippen LogP contribution in [-0.2, 0) is 11.8 Å². The second-order valence-corrected chi connectivity index (χ2v) is 6.93. The molecule has 0 fully saturated rings. The molecule has 0 heterocycles. The average Bonchev–Trinajstić information content (AvgIpc) is 2.42. The summed E-state index contributed by atoms with van der Waals surface area (Å²) in [6.07, 6.45) is 0.214. The fraction of sp³-hybridized carbons (Fsp3) is 0.400. The molecule has 0 amide bonds. The van der Waals surface area contributed by atoms with Gasteiger partial charge in [0.2, 0.25) is 0 Å². The molecule has 1 atom stereocenters. The Morgan fingerprint density at radius 2 is 1.48 bits per heavy atom. The summed E-state index contributed by atoms with van der Waals surface area (Å²) in [6, 6.07) is 14.6. The topological polar surface area (TPSA) is 20.2 Å². The fourth-order valence-corrected chi connectivity index (χ4v) is 2.94. The van der Waals surface area contributed by atoms with Gasteiger partial charge in [0.15, 0.2) is 0 Å². The van der Waals surface area contributed by atoms with Crippen molar-refractivity contribution in [1.29, 1.82) is 0 Å². The number of aliphatic hydroxyl groups is 1. The summed E-state index contributed by atoms with van der Waals surface area (Å²) >= 11 is 0. The lowest BCUT2D eigenvalue weighted by molar-refractivity contribution is 0.175. The van der Waals surface area contributed by atoms with E-state index in [2.05, 4.69) is 71.0 Å². The molecule has 0 saturated carbocycles. The molecule has 2 rings (SSSR count). The average molecular weight is 282 g/mol. The molecular formula is C20H26O. The van der Waals surface area contributed by atoms with Crippen LogP contribution in [0.2, 0.25) is 0 Å². The van der Waals surface area contributed by atoms with E-state index in [1.807, 2.05) is 6.07 Å². The minimum atomic E-state index is -0.458. The SMILES string of the molecule is Cc1cccc(C)c1CC(O)c1ccccc1C(C)(C)C. The lowest BCUT2D eigenvalue weighted by Gasteiger charge is -2.26. The fourth-order valence-electron chi connectivity index (χ4n) is 2.94. The van der Waals surface area contributed by atoms with Gasteiger partial charge in [-0.2, -0.15) is 0 Å². The smallest absolute Gasteiger partial charge is 0.0833 e. The molecule has 21 heavy (non-hydrogen) atoms. The Bertz CT molecular complexity index is 600. The molecule has 0 aliphatic rings. The van der Waals surface area contributed by atoms with Crippen LogP contribution in [0.4, 0.5) is 0 Å². The van der Waals surface area contributed by atoms with Crippen molar-refractivity contribution in [3.8, 4) is 0 Å². The molecule has 0 bridgehead atoms. The monoisotopic (exact) mass is 282 g/mol. The first-order valence-electron chi connectivity index (χ1n) is 7.63. The van der Waals surface area contributed by atoms with E-state index in [1.54, 1.807) is 0 Å². The van der Waals surface area contributed by atoms with Crippen molar-refractivity contribution in [3.05, 3.63) is 70.3 Å². The summed E-state index contributed by atoms with van der Waals surface area (Å²) in [4.78, 5) is 0. The van der Waals surface area contributed by atoms with E-state index in [9.17, 15) is 5.11 Å². The molecule has 0 aliphatic carbocycles. The van der Waals surface area contributed by atoms with Crippen molar-refractivity contribution >= 4 is 0 Å². The number of hydrogen-bond acceptors (Lipinski definition) is 1. The predicted molar refractivity (Wildman–Crippen MR) is 89.7 cm³/mol. The van der Waals surface area contributed by atoms with Crippen molar-refractivity contribution in [2.45, 2.75) is 52.6 Å². The van der Waals surface area contributed by atoms with E-state index in [0.717, 1.165) is 5.56 Å². The number of aliphatic hydroxyl groups excluding tert-OH is 1. The predicted octanol–water partition coefficient (Wildman–Crippen LogP) is 4.88. The lowest BCUT2D eigenvalue weighted by atomic mass is 9.81. The van der Waals surface area contributed by atoms with Crippen LogP contribution in [-0.4, -0.2) is 5.11 Å².